The third kappa shape index (κ3) is 4.18. The van der Waals surface area contributed by atoms with Crippen LogP contribution in [0.3, 0.4) is 0 Å². The van der Waals surface area contributed by atoms with Gasteiger partial charge in [-0.15, -0.1) is 0 Å². The Morgan fingerprint density at radius 1 is 1.20 bits per heavy atom. The number of nitrogens with zero attached hydrogens (tertiary/aromatic N) is 2. The van der Waals surface area contributed by atoms with Gasteiger partial charge in [-0.05, 0) is 74.4 Å². The Morgan fingerprint density at radius 2 is 1.92 bits per heavy atom. The van der Waals surface area contributed by atoms with Gasteiger partial charge in [0.25, 0.3) is 0 Å². The van der Waals surface area contributed by atoms with Crippen LogP contribution in [0.4, 0.5) is 4.39 Å². The molecule has 1 aliphatic heterocycles. The number of hydrogen-bond acceptors (Lipinski definition) is 3. The fourth-order valence-corrected chi connectivity index (χ4v) is 3.41. The van der Waals surface area contributed by atoms with Gasteiger partial charge in [0, 0.05) is 32.7 Å². The molecule has 5 heteroatoms. The van der Waals surface area contributed by atoms with Crippen molar-refractivity contribution in [2.75, 3.05) is 20.6 Å². The first-order valence-electron chi connectivity index (χ1n) is 8.13. The molecule has 2 aromatic carbocycles. The van der Waals surface area contributed by atoms with Crippen LogP contribution in [0.1, 0.15) is 35.1 Å². The van der Waals surface area contributed by atoms with Crippen LogP contribution in [0, 0.1) is 17.1 Å². The summed E-state index contributed by atoms with van der Waals surface area (Å²) in [6, 6.07) is 14.5. The molecule has 0 aliphatic carbocycles. The fourth-order valence-electron chi connectivity index (χ4n) is 3.41. The zero-order chi connectivity index (χ0) is 17.2. The third-order valence-corrected chi connectivity index (χ3v) is 4.59. The van der Waals surface area contributed by atoms with Gasteiger partial charge in [-0.25, -0.2) is 4.39 Å². The monoisotopic (exact) mass is 413 g/mol. The predicted molar refractivity (Wildman–Crippen MR) is 90.9 cm³/mol. The minimum atomic E-state index is -0.562. The molecule has 2 aromatic rings. The molecule has 25 heavy (non-hydrogen) atoms. The number of rotatable bonds is 5. The Balaban J connectivity index is 0.00000225. The Hall–Kier alpha value is -1.12. The number of halogens is 1. The molecule has 1 unspecified atom stereocenters. The normalized spacial score (nSPS) is 18.5. The molecule has 0 saturated carbocycles. The topological polar surface area (TPSA) is 36.3 Å². The van der Waals surface area contributed by atoms with Gasteiger partial charge in [0.2, 0.25) is 0 Å². The van der Waals surface area contributed by atoms with Crippen molar-refractivity contribution in [2.45, 2.75) is 25.0 Å². The van der Waals surface area contributed by atoms with Gasteiger partial charge in [-0.1, -0.05) is 18.2 Å². The molecule has 0 fully saturated rings. The zero-order valence-electron chi connectivity index (χ0n) is 14.6. The maximum absolute atomic E-state index is 13.4. The van der Waals surface area contributed by atoms with E-state index in [1.807, 2.05) is 32.3 Å². The summed E-state index contributed by atoms with van der Waals surface area (Å²) < 4.78 is 19.6. The number of hydrogen-bond donors (Lipinski definition) is 0. The van der Waals surface area contributed by atoms with Crippen LogP contribution in [0.5, 0.6) is 0 Å². The van der Waals surface area contributed by atoms with Crippen LogP contribution in [0.15, 0.2) is 42.5 Å². The zero-order valence-corrected chi connectivity index (χ0v) is 17.5. The minimum absolute atomic E-state index is 0. The number of benzene rings is 2. The number of fused-ring (bicyclic) bond motifs is 1. The summed E-state index contributed by atoms with van der Waals surface area (Å²) in [5.41, 5.74) is 3.18. The fraction of sp³-hybridized carbons (Fsp3) is 0.350. The Labute approximate surface area is 173 Å². The van der Waals surface area contributed by atoms with Gasteiger partial charge in [0.15, 0.2) is 0 Å². The van der Waals surface area contributed by atoms with Gasteiger partial charge in [-0.3, -0.25) is 0 Å². The average molecular weight is 413 g/mol. The molecule has 0 bridgehead atoms. The quantitative estimate of drug-likeness (QED) is 0.748. The molecule has 0 saturated heterocycles. The molecule has 1 radical (unpaired) electrons. The van der Waals surface area contributed by atoms with Crippen molar-refractivity contribution < 1.29 is 41.8 Å². The Bertz CT molecular complexity index is 770. The SMILES string of the molecule is CN(C)CCCC1(c2ccc(F)cc2)OCc2cc(C#N)ccc21.[Y]. The smallest absolute Gasteiger partial charge is 0.123 e. The molecule has 1 atom stereocenters. The van der Waals surface area contributed by atoms with Crippen LogP contribution in [-0.4, -0.2) is 25.5 Å². The third-order valence-electron chi connectivity index (χ3n) is 4.59. The largest absolute Gasteiger partial charge is 0.361 e. The summed E-state index contributed by atoms with van der Waals surface area (Å²) in [5, 5.41) is 9.11. The maximum atomic E-state index is 13.4. The van der Waals surface area contributed by atoms with E-state index in [2.05, 4.69) is 11.0 Å². The Kier molecular flexibility index (Phi) is 6.88. The van der Waals surface area contributed by atoms with Crippen molar-refractivity contribution in [3.8, 4) is 6.07 Å². The first kappa shape index (κ1) is 20.2. The van der Waals surface area contributed by atoms with E-state index in [0.29, 0.717) is 12.2 Å². The van der Waals surface area contributed by atoms with E-state index in [9.17, 15) is 4.39 Å². The second-order valence-electron chi connectivity index (χ2n) is 6.51. The van der Waals surface area contributed by atoms with E-state index in [0.717, 1.165) is 36.1 Å². The minimum Gasteiger partial charge on any atom is -0.361 e. The number of ether oxygens (including phenoxy) is 1. The van der Waals surface area contributed by atoms with Crippen molar-refractivity contribution in [3.63, 3.8) is 0 Å². The summed E-state index contributed by atoms with van der Waals surface area (Å²) in [5.74, 6) is -0.250. The summed E-state index contributed by atoms with van der Waals surface area (Å²) in [6.45, 7) is 1.43. The summed E-state index contributed by atoms with van der Waals surface area (Å²) in [6.07, 6.45) is 1.78. The molecule has 1 aliphatic rings. The maximum Gasteiger partial charge on any atom is 0.123 e. The van der Waals surface area contributed by atoms with Crippen molar-refractivity contribution in [3.05, 3.63) is 70.5 Å². The molecule has 3 rings (SSSR count). The number of nitriles is 1. The molecular formula is C20H21FN2OY. The molecule has 0 N–H and O–H groups in total. The van der Waals surface area contributed by atoms with Gasteiger partial charge in [0.1, 0.15) is 11.4 Å². The van der Waals surface area contributed by atoms with Crippen LogP contribution >= 0.6 is 0 Å². The van der Waals surface area contributed by atoms with Crippen LogP contribution in [0.25, 0.3) is 0 Å². The van der Waals surface area contributed by atoms with Gasteiger partial charge in [-0.2, -0.15) is 5.26 Å². The van der Waals surface area contributed by atoms with Crippen molar-refractivity contribution in [1.29, 1.82) is 5.26 Å². The van der Waals surface area contributed by atoms with E-state index < -0.39 is 5.60 Å². The summed E-state index contributed by atoms with van der Waals surface area (Å²) in [7, 11) is 4.10. The average Bonchev–Trinajstić information content (AvgIpc) is 2.94. The standard InChI is InChI=1S/C20H21FN2O.Y/c1-23(2)11-3-10-20(17-5-7-18(21)8-6-17)19-9-4-15(13-22)12-16(19)14-24-20;/h4-9,12H,3,10-11,14H2,1-2H3;. The van der Waals surface area contributed by atoms with E-state index in [4.69, 9.17) is 10.00 Å². The van der Waals surface area contributed by atoms with Crippen LogP contribution in [-0.2, 0) is 49.7 Å². The van der Waals surface area contributed by atoms with Crippen LogP contribution in [0.2, 0.25) is 0 Å². The summed E-state index contributed by atoms with van der Waals surface area (Å²) >= 11 is 0. The van der Waals surface area contributed by atoms with E-state index >= 15 is 0 Å². The first-order valence-corrected chi connectivity index (χ1v) is 8.13. The van der Waals surface area contributed by atoms with Crippen molar-refractivity contribution >= 4 is 0 Å². The van der Waals surface area contributed by atoms with Gasteiger partial charge < -0.3 is 9.64 Å². The molecule has 0 aromatic heterocycles. The molecule has 0 amide bonds. The van der Waals surface area contributed by atoms with Crippen LogP contribution < -0.4 is 0 Å². The molecule has 0 spiro atoms. The van der Waals surface area contributed by atoms with Crippen molar-refractivity contribution in [2.24, 2.45) is 0 Å². The molecule has 3 nitrogen and oxygen atoms in total. The molecule has 127 valence electrons. The predicted octanol–water partition coefficient (Wildman–Crippen LogP) is 3.81. The van der Waals surface area contributed by atoms with E-state index in [1.165, 1.54) is 12.1 Å². The van der Waals surface area contributed by atoms with Crippen molar-refractivity contribution in [1.82, 2.24) is 4.90 Å². The molecule has 1 heterocycles. The summed E-state index contributed by atoms with van der Waals surface area (Å²) in [4.78, 5) is 2.15. The van der Waals surface area contributed by atoms with E-state index in [-0.39, 0.29) is 38.5 Å². The second-order valence-corrected chi connectivity index (χ2v) is 6.51. The first-order chi connectivity index (χ1) is 11.5. The van der Waals surface area contributed by atoms with Gasteiger partial charge in [0.05, 0.1) is 18.2 Å². The molecular weight excluding hydrogens is 392 g/mol. The van der Waals surface area contributed by atoms with Gasteiger partial charge >= 0.3 is 0 Å². The van der Waals surface area contributed by atoms with E-state index in [1.54, 1.807) is 12.1 Å². The Morgan fingerprint density at radius 3 is 2.56 bits per heavy atom. The second kappa shape index (κ2) is 8.51.